The molecule has 0 saturated carbocycles. The number of carbonyl (C=O) groups excluding carboxylic acids is 2. The summed E-state index contributed by atoms with van der Waals surface area (Å²) in [6.07, 6.45) is 3.14. The Labute approximate surface area is 189 Å². The van der Waals surface area contributed by atoms with E-state index in [0.717, 1.165) is 24.2 Å². The van der Waals surface area contributed by atoms with Gasteiger partial charge in [-0.15, -0.1) is 6.58 Å². The molecule has 1 aliphatic heterocycles. The standard InChI is InChI=1S/C25H32N2O5/c1-5-12-26(25(29)20(6-2)7-3)16-24(28)27(15-21-10-8-18(4)32-21)14-19-9-11-22-23(13-19)31-17-30-22/h5,8-11,13,20H,1,6-7,12,14-17H2,2-4H3. The zero-order valence-corrected chi connectivity index (χ0v) is 19.1. The molecule has 0 unspecified atom stereocenters. The van der Waals surface area contributed by atoms with Crippen LogP contribution in [0.25, 0.3) is 0 Å². The molecule has 2 aromatic rings. The van der Waals surface area contributed by atoms with E-state index in [-0.39, 0.29) is 31.1 Å². The van der Waals surface area contributed by atoms with Crippen LogP contribution in [0.15, 0.2) is 47.4 Å². The fraction of sp³-hybridized carbons (Fsp3) is 0.440. The van der Waals surface area contributed by atoms with Gasteiger partial charge in [0.25, 0.3) is 0 Å². The Hall–Kier alpha value is -3.22. The van der Waals surface area contributed by atoms with E-state index in [0.29, 0.717) is 36.9 Å². The van der Waals surface area contributed by atoms with Gasteiger partial charge in [0.2, 0.25) is 18.6 Å². The quantitative estimate of drug-likeness (QED) is 0.487. The zero-order chi connectivity index (χ0) is 23.1. The maximum atomic E-state index is 13.4. The van der Waals surface area contributed by atoms with E-state index in [1.54, 1.807) is 15.9 Å². The Balaban J connectivity index is 1.79. The molecule has 2 heterocycles. The highest BCUT2D eigenvalue weighted by Gasteiger charge is 2.26. The Bertz CT molecular complexity index is 948. The van der Waals surface area contributed by atoms with Crippen molar-refractivity contribution in [1.29, 1.82) is 0 Å². The maximum Gasteiger partial charge on any atom is 0.242 e. The summed E-state index contributed by atoms with van der Waals surface area (Å²) in [7, 11) is 0. The fourth-order valence-corrected chi connectivity index (χ4v) is 3.80. The molecule has 32 heavy (non-hydrogen) atoms. The molecule has 1 aromatic carbocycles. The van der Waals surface area contributed by atoms with Crippen LogP contribution < -0.4 is 9.47 Å². The van der Waals surface area contributed by atoms with Crippen molar-refractivity contribution in [3.63, 3.8) is 0 Å². The minimum atomic E-state index is -0.155. The van der Waals surface area contributed by atoms with Crippen LogP contribution >= 0.6 is 0 Å². The van der Waals surface area contributed by atoms with Crippen molar-refractivity contribution in [1.82, 2.24) is 9.80 Å². The number of nitrogens with zero attached hydrogens (tertiary/aromatic N) is 2. The molecule has 2 amide bonds. The van der Waals surface area contributed by atoms with Crippen LogP contribution in [0.4, 0.5) is 0 Å². The van der Waals surface area contributed by atoms with Crippen molar-refractivity contribution in [2.75, 3.05) is 19.9 Å². The second-order valence-corrected chi connectivity index (χ2v) is 7.97. The van der Waals surface area contributed by atoms with Gasteiger partial charge in [-0.2, -0.15) is 0 Å². The maximum absolute atomic E-state index is 13.4. The van der Waals surface area contributed by atoms with Crippen molar-refractivity contribution in [2.45, 2.75) is 46.7 Å². The topological polar surface area (TPSA) is 72.2 Å². The molecule has 1 aliphatic rings. The lowest BCUT2D eigenvalue weighted by Gasteiger charge is -2.29. The Morgan fingerprint density at radius 3 is 2.47 bits per heavy atom. The normalized spacial score (nSPS) is 12.1. The SMILES string of the molecule is C=CCN(CC(=O)N(Cc1ccc2c(c1)OCO2)Cc1ccc(C)o1)C(=O)C(CC)CC. The number of amides is 2. The molecule has 0 aliphatic carbocycles. The molecule has 0 spiro atoms. The molecule has 0 radical (unpaired) electrons. The lowest BCUT2D eigenvalue weighted by Crippen LogP contribution is -2.44. The average Bonchev–Trinajstić information content (AvgIpc) is 3.41. The molecule has 1 aromatic heterocycles. The minimum Gasteiger partial charge on any atom is -0.464 e. The molecule has 0 saturated heterocycles. The highest BCUT2D eigenvalue weighted by molar-refractivity contribution is 5.86. The number of rotatable bonds is 11. The number of fused-ring (bicyclic) bond motifs is 1. The van der Waals surface area contributed by atoms with E-state index in [4.69, 9.17) is 13.9 Å². The van der Waals surface area contributed by atoms with Crippen molar-refractivity contribution in [2.24, 2.45) is 5.92 Å². The Morgan fingerprint density at radius 1 is 1.06 bits per heavy atom. The summed E-state index contributed by atoms with van der Waals surface area (Å²) >= 11 is 0. The number of benzene rings is 1. The van der Waals surface area contributed by atoms with Crippen LogP contribution in [0.2, 0.25) is 0 Å². The van der Waals surface area contributed by atoms with E-state index in [1.807, 2.05) is 51.1 Å². The first kappa shape index (κ1) is 23.4. The summed E-state index contributed by atoms with van der Waals surface area (Å²) < 4.78 is 16.6. The summed E-state index contributed by atoms with van der Waals surface area (Å²) in [6.45, 7) is 10.8. The monoisotopic (exact) mass is 440 g/mol. The molecule has 0 N–H and O–H groups in total. The summed E-state index contributed by atoms with van der Waals surface area (Å²) in [5.74, 6) is 2.57. The van der Waals surface area contributed by atoms with Crippen LogP contribution in [-0.2, 0) is 22.7 Å². The van der Waals surface area contributed by atoms with E-state index >= 15 is 0 Å². The predicted octanol–water partition coefficient (Wildman–Crippen LogP) is 4.30. The number of ether oxygens (including phenoxy) is 2. The van der Waals surface area contributed by atoms with E-state index in [9.17, 15) is 9.59 Å². The predicted molar refractivity (Wildman–Crippen MR) is 121 cm³/mol. The van der Waals surface area contributed by atoms with E-state index < -0.39 is 0 Å². The fourth-order valence-electron chi connectivity index (χ4n) is 3.80. The zero-order valence-electron chi connectivity index (χ0n) is 19.1. The molecule has 0 atom stereocenters. The van der Waals surface area contributed by atoms with Gasteiger partial charge in [-0.25, -0.2) is 0 Å². The van der Waals surface area contributed by atoms with Gasteiger partial charge in [0.05, 0.1) is 6.54 Å². The van der Waals surface area contributed by atoms with Crippen LogP contribution in [0, 0.1) is 12.8 Å². The van der Waals surface area contributed by atoms with Crippen molar-refractivity contribution >= 4 is 11.8 Å². The third-order valence-corrected chi connectivity index (χ3v) is 5.63. The van der Waals surface area contributed by atoms with Gasteiger partial charge in [-0.05, 0) is 49.6 Å². The molecular formula is C25H32N2O5. The van der Waals surface area contributed by atoms with Gasteiger partial charge in [0, 0.05) is 19.0 Å². The number of furan rings is 1. The van der Waals surface area contributed by atoms with Crippen LogP contribution in [0.3, 0.4) is 0 Å². The van der Waals surface area contributed by atoms with E-state index in [1.165, 1.54) is 0 Å². The molecule has 3 rings (SSSR count). The van der Waals surface area contributed by atoms with E-state index in [2.05, 4.69) is 6.58 Å². The summed E-state index contributed by atoms with van der Waals surface area (Å²) in [5.41, 5.74) is 0.910. The number of aryl methyl sites for hydroxylation is 1. The molecule has 7 heteroatoms. The number of hydrogen-bond acceptors (Lipinski definition) is 5. The molecule has 0 bridgehead atoms. The highest BCUT2D eigenvalue weighted by atomic mass is 16.7. The van der Waals surface area contributed by atoms with Crippen molar-refractivity contribution in [3.05, 3.63) is 60.1 Å². The van der Waals surface area contributed by atoms with Gasteiger partial charge < -0.3 is 23.7 Å². The van der Waals surface area contributed by atoms with Crippen LogP contribution in [0.5, 0.6) is 11.5 Å². The van der Waals surface area contributed by atoms with Crippen molar-refractivity contribution in [3.8, 4) is 11.5 Å². The van der Waals surface area contributed by atoms with Gasteiger partial charge >= 0.3 is 0 Å². The molecule has 172 valence electrons. The molecular weight excluding hydrogens is 408 g/mol. The lowest BCUT2D eigenvalue weighted by atomic mass is 10.0. The minimum absolute atomic E-state index is 0.00834. The number of carbonyl (C=O) groups is 2. The summed E-state index contributed by atoms with van der Waals surface area (Å²) in [4.78, 5) is 29.6. The Kier molecular flexibility index (Phi) is 7.98. The largest absolute Gasteiger partial charge is 0.464 e. The van der Waals surface area contributed by atoms with Gasteiger partial charge in [-0.1, -0.05) is 26.0 Å². The first-order valence-electron chi connectivity index (χ1n) is 11.1. The first-order valence-corrected chi connectivity index (χ1v) is 11.1. The van der Waals surface area contributed by atoms with Crippen LogP contribution in [-0.4, -0.2) is 41.5 Å². The Morgan fingerprint density at radius 2 is 1.81 bits per heavy atom. The summed E-state index contributed by atoms with van der Waals surface area (Å²) in [5, 5.41) is 0. The highest BCUT2D eigenvalue weighted by Crippen LogP contribution is 2.33. The molecule has 7 nitrogen and oxygen atoms in total. The third-order valence-electron chi connectivity index (χ3n) is 5.63. The second kappa shape index (κ2) is 10.9. The van der Waals surface area contributed by atoms with Gasteiger partial charge in [-0.3, -0.25) is 9.59 Å². The summed E-state index contributed by atoms with van der Waals surface area (Å²) in [6, 6.07) is 9.38. The van der Waals surface area contributed by atoms with Gasteiger partial charge in [0.1, 0.15) is 18.1 Å². The van der Waals surface area contributed by atoms with Crippen LogP contribution in [0.1, 0.15) is 43.8 Å². The molecule has 0 fully saturated rings. The third kappa shape index (κ3) is 5.72. The van der Waals surface area contributed by atoms with Gasteiger partial charge in [0.15, 0.2) is 11.5 Å². The number of hydrogen-bond donors (Lipinski definition) is 0. The smallest absolute Gasteiger partial charge is 0.242 e. The van der Waals surface area contributed by atoms with Crippen molar-refractivity contribution < 1.29 is 23.5 Å². The average molecular weight is 441 g/mol. The lowest BCUT2D eigenvalue weighted by molar-refractivity contribution is -0.143. The second-order valence-electron chi connectivity index (χ2n) is 7.97. The first-order chi connectivity index (χ1) is 15.4.